The molecule has 0 saturated carbocycles. The monoisotopic (exact) mass is 1100 g/mol. The van der Waals surface area contributed by atoms with E-state index in [-0.39, 0.29) is 37.5 Å². The molecule has 0 aromatic heterocycles. The molecule has 80 heavy (non-hydrogen) atoms. The molecule has 0 N–H and O–H groups in total. The van der Waals surface area contributed by atoms with E-state index in [0.717, 1.165) is 141 Å². The molecule has 1 atom stereocenters. The van der Waals surface area contributed by atoms with Crippen molar-refractivity contribution in [3.05, 3.63) is 158 Å². The van der Waals surface area contributed by atoms with Crippen LogP contribution in [0.4, 0.5) is 0 Å². The molecule has 0 aromatic carbocycles. The van der Waals surface area contributed by atoms with E-state index in [0.29, 0.717) is 19.3 Å². The number of hydrogen-bond donors (Lipinski definition) is 0. The Labute approximate surface area is 492 Å². The Morgan fingerprint density at radius 3 is 0.838 bits per heavy atom. The molecule has 0 rings (SSSR count). The van der Waals surface area contributed by atoms with Crippen LogP contribution in [0.15, 0.2) is 158 Å². The topological polar surface area (TPSA) is 78.9 Å². The van der Waals surface area contributed by atoms with Crippen LogP contribution in [-0.2, 0) is 28.6 Å². The zero-order valence-electron chi connectivity index (χ0n) is 51.5. The molecule has 0 amide bonds. The molecular formula is C74H118O6. The van der Waals surface area contributed by atoms with Crippen LogP contribution in [0.5, 0.6) is 0 Å². The summed E-state index contributed by atoms with van der Waals surface area (Å²) < 4.78 is 16.8. The first-order chi connectivity index (χ1) is 39.5. The third kappa shape index (κ3) is 63.9. The third-order valence-corrected chi connectivity index (χ3v) is 13.3. The van der Waals surface area contributed by atoms with Crippen LogP contribution < -0.4 is 0 Å². The highest BCUT2D eigenvalue weighted by atomic mass is 16.6. The van der Waals surface area contributed by atoms with Gasteiger partial charge in [0.1, 0.15) is 13.2 Å². The van der Waals surface area contributed by atoms with Gasteiger partial charge in [-0.15, -0.1) is 0 Å². The fourth-order valence-corrected chi connectivity index (χ4v) is 8.51. The van der Waals surface area contributed by atoms with Crippen molar-refractivity contribution in [2.75, 3.05) is 13.2 Å². The number of unbranched alkanes of at least 4 members (excludes halogenated alkanes) is 20. The highest BCUT2D eigenvalue weighted by Gasteiger charge is 2.19. The van der Waals surface area contributed by atoms with Gasteiger partial charge in [0.25, 0.3) is 0 Å². The Kier molecular flexibility index (Phi) is 62.4. The zero-order valence-corrected chi connectivity index (χ0v) is 51.5. The molecule has 6 heteroatoms. The molecule has 0 radical (unpaired) electrons. The highest BCUT2D eigenvalue weighted by Crippen LogP contribution is 2.15. The van der Waals surface area contributed by atoms with Gasteiger partial charge in [0, 0.05) is 19.3 Å². The molecule has 0 aliphatic carbocycles. The zero-order chi connectivity index (χ0) is 57.8. The Morgan fingerprint density at radius 1 is 0.263 bits per heavy atom. The molecule has 1 unspecified atom stereocenters. The molecule has 0 bridgehead atoms. The van der Waals surface area contributed by atoms with Gasteiger partial charge in [-0.05, 0) is 116 Å². The van der Waals surface area contributed by atoms with Crippen LogP contribution >= 0.6 is 0 Å². The van der Waals surface area contributed by atoms with Crippen molar-refractivity contribution in [3.63, 3.8) is 0 Å². The first-order valence-corrected chi connectivity index (χ1v) is 32.5. The van der Waals surface area contributed by atoms with Crippen molar-refractivity contribution in [3.8, 4) is 0 Å². The fraction of sp³-hybridized carbons (Fsp3) is 0.608. The number of carbonyl (C=O) groups excluding carboxylic acids is 3. The fourth-order valence-electron chi connectivity index (χ4n) is 8.51. The van der Waals surface area contributed by atoms with E-state index >= 15 is 0 Å². The molecule has 450 valence electrons. The van der Waals surface area contributed by atoms with Gasteiger partial charge in [-0.3, -0.25) is 14.4 Å². The summed E-state index contributed by atoms with van der Waals surface area (Å²) in [6.07, 6.45) is 97.0. The Morgan fingerprint density at radius 2 is 0.512 bits per heavy atom. The van der Waals surface area contributed by atoms with Crippen molar-refractivity contribution in [2.45, 2.75) is 277 Å². The van der Waals surface area contributed by atoms with Gasteiger partial charge in [-0.2, -0.15) is 0 Å². The predicted molar refractivity (Wildman–Crippen MR) is 348 cm³/mol. The predicted octanol–water partition coefficient (Wildman–Crippen LogP) is 22.5. The average Bonchev–Trinajstić information content (AvgIpc) is 3.46. The van der Waals surface area contributed by atoms with Crippen LogP contribution in [0, 0.1) is 0 Å². The summed E-state index contributed by atoms with van der Waals surface area (Å²) in [7, 11) is 0. The summed E-state index contributed by atoms with van der Waals surface area (Å²) >= 11 is 0. The Hall–Kier alpha value is -4.97. The first kappa shape index (κ1) is 75.0. The van der Waals surface area contributed by atoms with E-state index in [4.69, 9.17) is 14.2 Å². The van der Waals surface area contributed by atoms with E-state index in [1.165, 1.54) is 83.5 Å². The van der Waals surface area contributed by atoms with Gasteiger partial charge < -0.3 is 14.2 Å². The quantitative estimate of drug-likeness (QED) is 0.0261. The van der Waals surface area contributed by atoms with Crippen LogP contribution in [0.3, 0.4) is 0 Å². The number of rotatable bonds is 57. The standard InChI is InChI=1S/C74H118O6/c1-4-7-10-13-16-19-22-25-27-29-30-31-32-33-34-35-36-37-38-39-40-41-42-43-44-45-47-49-52-55-58-61-64-67-73(76)79-70-71(69-78-72(75)66-63-60-57-54-51-48-24-21-18-15-12-9-6-3)80-74(77)68-65-62-59-56-53-50-46-28-26-23-20-17-14-11-8-5-2/h7,9-10,12,16,18-19,21,25,27,30-31,33-34,36-37,39-40,42-43,45,47-48,51,57,60,71H,4-6,8,11,13-15,17,20,22-24,26,28-29,32,35,38,41,44,46,49-50,52-56,58-59,61-70H2,1-3H3/b10-7-,12-9-,19-16-,21-18-,27-25-,31-30-,34-33-,37-36-,40-39-,43-42-,47-45-,51-48-,60-57-. The largest absolute Gasteiger partial charge is 0.462 e. The van der Waals surface area contributed by atoms with Crippen LogP contribution in [0.2, 0.25) is 0 Å². The van der Waals surface area contributed by atoms with Gasteiger partial charge in [-0.25, -0.2) is 0 Å². The van der Waals surface area contributed by atoms with E-state index < -0.39 is 6.10 Å². The number of hydrogen-bond acceptors (Lipinski definition) is 6. The molecule has 0 spiro atoms. The van der Waals surface area contributed by atoms with E-state index in [1.54, 1.807) is 0 Å². The van der Waals surface area contributed by atoms with E-state index in [9.17, 15) is 14.4 Å². The van der Waals surface area contributed by atoms with E-state index in [1.807, 2.05) is 6.08 Å². The molecule has 0 heterocycles. The molecular weight excluding hydrogens is 985 g/mol. The third-order valence-electron chi connectivity index (χ3n) is 13.3. The average molecular weight is 1100 g/mol. The summed E-state index contributed by atoms with van der Waals surface area (Å²) in [5, 5.41) is 0. The van der Waals surface area contributed by atoms with Crippen molar-refractivity contribution < 1.29 is 28.6 Å². The summed E-state index contributed by atoms with van der Waals surface area (Å²) in [4.78, 5) is 38.2. The molecule has 0 fully saturated rings. The normalized spacial score (nSPS) is 13.2. The molecule has 6 nitrogen and oxygen atoms in total. The summed E-state index contributed by atoms with van der Waals surface area (Å²) in [5.41, 5.74) is 0. The maximum Gasteiger partial charge on any atom is 0.306 e. The number of ether oxygens (including phenoxy) is 3. The molecule has 0 aliphatic rings. The van der Waals surface area contributed by atoms with Crippen LogP contribution in [0.25, 0.3) is 0 Å². The van der Waals surface area contributed by atoms with E-state index in [2.05, 4.69) is 173 Å². The van der Waals surface area contributed by atoms with Crippen molar-refractivity contribution in [1.29, 1.82) is 0 Å². The van der Waals surface area contributed by atoms with Crippen LogP contribution in [-0.4, -0.2) is 37.2 Å². The second-order valence-corrected chi connectivity index (χ2v) is 20.9. The van der Waals surface area contributed by atoms with Gasteiger partial charge in [0.15, 0.2) is 6.10 Å². The Bertz CT molecular complexity index is 1790. The molecule has 0 aliphatic heterocycles. The van der Waals surface area contributed by atoms with Gasteiger partial charge >= 0.3 is 17.9 Å². The second-order valence-electron chi connectivity index (χ2n) is 20.9. The lowest BCUT2D eigenvalue weighted by Gasteiger charge is -2.18. The number of allylic oxidation sites excluding steroid dienone is 26. The highest BCUT2D eigenvalue weighted by molar-refractivity contribution is 5.71. The number of esters is 3. The maximum atomic E-state index is 12.9. The smallest absolute Gasteiger partial charge is 0.306 e. The lowest BCUT2D eigenvalue weighted by molar-refractivity contribution is -0.166. The van der Waals surface area contributed by atoms with Crippen molar-refractivity contribution >= 4 is 17.9 Å². The summed E-state index contributed by atoms with van der Waals surface area (Å²) in [6.45, 7) is 6.33. The van der Waals surface area contributed by atoms with Gasteiger partial charge in [0.05, 0.1) is 0 Å². The molecule has 0 aromatic rings. The minimum Gasteiger partial charge on any atom is -0.462 e. The Balaban J connectivity index is 4.37. The minimum absolute atomic E-state index is 0.114. The van der Waals surface area contributed by atoms with Crippen LogP contribution in [0.1, 0.15) is 271 Å². The lowest BCUT2D eigenvalue weighted by Crippen LogP contribution is -2.30. The maximum absolute atomic E-state index is 12.9. The van der Waals surface area contributed by atoms with Gasteiger partial charge in [-0.1, -0.05) is 294 Å². The van der Waals surface area contributed by atoms with Crippen molar-refractivity contribution in [2.24, 2.45) is 0 Å². The summed E-state index contributed by atoms with van der Waals surface area (Å²) in [6, 6.07) is 0. The summed E-state index contributed by atoms with van der Waals surface area (Å²) in [5.74, 6) is -1.02. The number of carbonyl (C=O) groups is 3. The minimum atomic E-state index is -0.821. The lowest BCUT2D eigenvalue weighted by atomic mass is 10.0. The first-order valence-electron chi connectivity index (χ1n) is 32.5. The molecule has 0 saturated heterocycles. The second kappa shape index (κ2) is 66.5. The SMILES string of the molecule is CC/C=C\C/C=C\C/C=C\C/C=C\C/C=C\C/C=C\C/C=C\C/C=C\C/C=C\CCCCCCCC(=O)OCC(COC(=O)CC/C=C\C/C=C\C/C=C\C/C=C\CC)OC(=O)CCCCCCCCCCCCCCCCCC. The van der Waals surface area contributed by atoms with Crippen molar-refractivity contribution in [1.82, 2.24) is 0 Å². The van der Waals surface area contributed by atoms with Gasteiger partial charge in [0.2, 0.25) is 0 Å².